The Bertz CT molecular complexity index is 618. The van der Waals surface area contributed by atoms with E-state index in [1.807, 2.05) is 24.4 Å². The molecule has 0 aliphatic carbocycles. The van der Waals surface area contributed by atoms with Crippen LogP contribution in [0.2, 0.25) is 0 Å². The van der Waals surface area contributed by atoms with Crippen molar-refractivity contribution in [2.45, 2.75) is 25.8 Å². The monoisotopic (exact) mass is 292 g/mol. The summed E-state index contributed by atoms with van der Waals surface area (Å²) in [7, 11) is 0. The van der Waals surface area contributed by atoms with Gasteiger partial charge in [0.05, 0.1) is 17.3 Å². The smallest absolute Gasteiger partial charge is 0.183 e. The topological polar surface area (TPSA) is 35.8 Å². The van der Waals surface area contributed by atoms with E-state index in [4.69, 9.17) is 5.26 Å². The Morgan fingerprint density at radius 2 is 2.10 bits per heavy atom. The Morgan fingerprint density at radius 1 is 1.30 bits per heavy atom. The summed E-state index contributed by atoms with van der Waals surface area (Å²) in [5.41, 5.74) is -0.190. The van der Waals surface area contributed by atoms with E-state index < -0.39 is 11.6 Å². The molecule has 104 valence electrons. The average molecular weight is 292 g/mol. The summed E-state index contributed by atoms with van der Waals surface area (Å²) in [5.74, 6) is -2.10. The Morgan fingerprint density at radius 3 is 2.70 bits per heavy atom. The molecule has 1 aromatic heterocycles. The summed E-state index contributed by atoms with van der Waals surface area (Å²) in [6, 6.07) is 8.17. The normalized spacial score (nSPS) is 11.9. The van der Waals surface area contributed by atoms with Crippen LogP contribution in [0.25, 0.3) is 0 Å². The summed E-state index contributed by atoms with van der Waals surface area (Å²) in [6.07, 6.45) is 1.75. The second-order valence-corrected chi connectivity index (χ2v) is 5.38. The molecule has 1 aromatic carbocycles. The van der Waals surface area contributed by atoms with Gasteiger partial charge >= 0.3 is 0 Å². The Labute approximate surface area is 120 Å². The number of thiophene rings is 1. The zero-order valence-corrected chi connectivity index (χ0v) is 11.8. The first-order chi connectivity index (χ1) is 9.67. The number of nitrogens with one attached hydrogen (secondary N) is 1. The van der Waals surface area contributed by atoms with Crippen molar-refractivity contribution in [3.05, 3.63) is 51.7 Å². The van der Waals surface area contributed by atoms with Crippen molar-refractivity contribution < 1.29 is 8.78 Å². The van der Waals surface area contributed by atoms with Gasteiger partial charge in [-0.3, -0.25) is 0 Å². The molecule has 2 nitrogen and oxygen atoms in total. The predicted octanol–water partition coefficient (Wildman–Crippen LogP) is 4.85. The van der Waals surface area contributed by atoms with Crippen LogP contribution in [0, 0.1) is 23.0 Å². The van der Waals surface area contributed by atoms with Crippen LogP contribution in [0.5, 0.6) is 0 Å². The van der Waals surface area contributed by atoms with Gasteiger partial charge in [-0.25, -0.2) is 8.78 Å². The van der Waals surface area contributed by atoms with Gasteiger partial charge in [0.2, 0.25) is 0 Å². The number of nitriles is 1. The van der Waals surface area contributed by atoms with Crippen LogP contribution in [0.3, 0.4) is 0 Å². The predicted molar refractivity (Wildman–Crippen MR) is 76.7 cm³/mol. The second-order valence-electron chi connectivity index (χ2n) is 4.40. The molecule has 0 fully saturated rings. The zero-order chi connectivity index (χ0) is 14.5. The molecule has 0 aliphatic heterocycles. The van der Waals surface area contributed by atoms with Crippen molar-refractivity contribution in [1.29, 1.82) is 5.26 Å². The molecule has 0 amide bonds. The van der Waals surface area contributed by atoms with Gasteiger partial charge in [0, 0.05) is 4.88 Å². The summed E-state index contributed by atoms with van der Waals surface area (Å²) in [6.45, 7) is 2.04. The molecule has 1 heterocycles. The third kappa shape index (κ3) is 2.97. The summed E-state index contributed by atoms with van der Waals surface area (Å²) < 4.78 is 27.5. The first kappa shape index (κ1) is 14.5. The summed E-state index contributed by atoms with van der Waals surface area (Å²) in [5, 5.41) is 13.7. The summed E-state index contributed by atoms with van der Waals surface area (Å²) >= 11 is 1.58. The molecule has 0 spiro atoms. The molecular formula is C15H14F2N2S. The third-order valence-corrected chi connectivity index (χ3v) is 3.98. The molecule has 0 saturated carbocycles. The minimum absolute atomic E-state index is 0.0539. The van der Waals surface area contributed by atoms with E-state index in [9.17, 15) is 8.78 Å². The molecule has 0 radical (unpaired) electrons. The van der Waals surface area contributed by atoms with Crippen LogP contribution in [0.15, 0.2) is 29.6 Å². The lowest BCUT2D eigenvalue weighted by Gasteiger charge is -2.18. The minimum Gasteiger partial charge on any atom is -0.375 e. The van der Waals surface area contributed by atoms with Gasteiger partial charge < -0.3 is 5.32 Å². The lowest BCUT2D eigenvalue weighted by Crippen LogP contribution is -2.11. The standard InChI is InChI=1S/C15H14F2N2S/c1-2-4-11(13-5-3-8-20-13)19-12-7-6-10(9-18)14(16)15(12)17/h3,5-8,11,19H,2,4H2,1H3. The van der Waals surface area contributed by atoms with Gasteiger partial charge in [0.1, 0.15) is 6.07 Å². The Hall–Kier alpha value is -1.93. The number of benzene rings is 1. The zero-order valence-electron chi connectivity index (χ0n) is 11.0. The van der Waals surface area contributed by atoms with Crippen molar-refractivity contribution in [2.24, 2.45) is 0 Å². The highest BCUT2D eigenvalue weighted by molar-refractivity contribution is 7.10. The molecule has 1 unspecified atom stereocenters. The minimum atomic E-state index is -1.10. The van der Waals surface area contributed by atoms with Gasteiger partial charge in [0.25, 0.3) is 0 Å². The fourth-order valence-electron chi connectivity index (χ4n) is 2.00. The number of halogens is 2. The van der Waals surface area contributed by atoms with E-state index in [-0.39, 0.29) is 17.3 Å². The molecular weight excluding hydrogens is 278 g/mol. The number of rotatable bonds is 5. The van der Waals surface area contributed by atoms with Gasteiger partial charge in [-0.05, 0) is 30.0 Å². The van der Waals surface area contributed by atoms with Crippen molar-refractivity contribution in [2.75, 3.05) is 5.32 Å². The van der Waals surface area contributed by atoms with E-state index in [1.165, 1.54) is 12.1 Å². The molecule has 2 rings (SSSR count). The largest absolute Gasteiger partial charge is 0.375 e. The third-order valence-electron chi connectivity index (χ3n) is 3.00. The van der Waals surface area contributed by atoms with Crippen LogP contribution >= 0.6 is 11.3 Å². The maximum absolute atomic E-state index is 13.9. The highest BCUT2D eigenvalue weighted by Gasteiger charge is 2.17. The molecule has 1 atom stereocenters. The average Bonchev–Trinajstić information content (AvgIpc) is 2.97. The molecule has 20 heavy (non-hydrogen) atoms. The molecule has 0 aliphatic rings. The maximum Gasteiger partial charge on any atom is 0.183 e. The maximum atomic E-state index is 13.9. The van der Waals surface area contributed by atoms with Crippen molar-refractivity contribution in [1.82, 2.24) is 0 Å². The molecule has 0 saturated heterocycles. The highest BCUT2D eigenvalue weighted by Crippen LogP contribution is 2.29. The fraction of sp³-hybridized carbons (Fsp3) is 0.267. The van der Waals surface area contributed by atoms with E-state index in [2.05, 4.69) is 5.32 Å². The molecule has 2 aromatic rings. The van der Waals surface area contributed by atoms with Crippen molar-refractivity contribution in [3.8, 4) is 6.07 Å². The molecule has 1 N–H and O–H groups in total. The molecule has 0 bridgehead atoms. The SMILES string of the molecule is CCCC(Nc1ccc(C#N)c(F)c1F)c1cccs1. The van der Waals surface area contributed by atoms with Crippen LogP contribution in [0.4, 0.5) is 14.5 Å². The van der Waals surface area contributed by atoms with Crippen LogP contribution in [0.1, 0.15) is 36.2 Å². The van der Waals surface area contributed by atoms with Crippen LogP contribution in [-0.2, 0) is 0 Å². The fourth-order valence-corrected chi connectivity index (χ4v) is 2.81. The second kappa shape index (κ2) is 6.49. The summed E-state index contributed by atoms with van der Waals surface area (Å²) in [4.78, 5) is 1.08. The van der Waals surface area contributed by atoms with Gasteiger partial charge in [0.15, 0.2) is 11.6 Å². The van der Waals surface area contributed by atoms with E-state index in [0.717, 1.165) is 17.7 Å². The van der Waals surface area contributed by atoms with Gasteiger partial charge in [-0.15, -0.1) is 11.3 Å². The number of anilines is 1. The van der Waals surface area contributed by atoms with E-state index in [0.29, 0.717) is 0 Å². The van der Waals surface area contributed by atoms with Crippen molar-refractivity contribution >= 4 is 17.0 Å². The first-order valence-corrected chi connectivity index (χ1v) is 7.23. The highest BCUT2D eigenvalue weighted by atomic mass is 32.1. The quantitative estimate of drug-likeness (QED) is 0.855. The lowest BCUT2D eigenvalue weighted by atomic mass is 10.1. The van der Waals surface area contributed by atoms with Crippen LogP contribution < -0.4 is 5.32 Å². The van der Waals surface area contributed by atoms with Crippen LogP contribution in [-0.4, -0.2) is 0 Å². The number of hydrogen-bond acceptors (Lipinski definition) is 3. The van der Waals surface area contributed by atoms with E-state index in [1.54, 1.807) is 17.4 Å². The Balaban J connectivity index is 2.28. The number of hydrogen-bond donors (Lipinski definition) is 1. The van der Waals surface area contributed by atoms with Gasteiger partial charge in [-0.2, -0.15) is 5.26 Å². The molecule has 5 heteroatoms. The van der Waals surface area contributed by atoms with E-state index >= 15 is 0 Å². The lowest BCUT2D eigenvalue weighted by molar-refractivity contribution is 0.506. The Kier molecular flexibility index (Phi) is 4.70. The van der Waals surface area contributed by atoms with Gasteiger partial charge in [-0.1, -0.05) is 19.4 Å². The number of nitrogens with zero attached hydrogens (tertiary/aromatic N) is 1. The van der Waals surface area contributed by atoms with Crippen molar-refractivity contribution in [3.63, 3.8) is 0 Å². The first-order valence-electron chi connectivity index (χ1n) is 6.35.